The minimum atomic E-state index is -0.691. The van der Waals surface area contributed by atoms with Crippen LogP contribution in [0.1, 0.15) is 44.1 Å². The third kappa shape index (κ3) is 3.64. The lowest BCUT2D eigenvalue weighted by molar-refractivity contribution is -0.122. The Labute approximate surface area is 139 Å². The van der Waals surface area contributed by atoms with Gasteiger partial charge in [-0.15, -0.1) is 0 Å². The van der Waals surface area contributed by atoms with Gasteiger partial charge < -0.3 is 11.1 Å². The van der Waals surface area contributed by atoms with Crippen LogP contribution in [0.5, 0.6) is 0 Å². The zero-order chi connectivity index (χ0) is 15.5. The Balaban J connectivity index is 2.22. The van der Waals surface area contributed by atoms with E-state index in [1.165, 1.54) is 0 Å². The number of carbonyl (C=O) groups excluding carboxylic acids is 1. The van der Waals surface area contributed by atoms with E-state index in [1.807, 2.05) is 25.1 Å². The fourth-order valence-electron chi connectivity index (χ4n) is 2.84. The summed E-state index contributed by atoms with van der Waals surface area (Å²) in [6.07, 6.45) is 5.80. The molecule has 0 aromatic heterocycles. The van der Waals surface area contributed by atoms with Crippen molar-refractivity contribution in [2.75, 3.05) is 5.32 Å². The molecule has 3 nitrogen and oxygen atoms in total. The lowest BCUT2D eigenvalue weighted by atomic mass is 9.79. The van der Waals surface area contributed by atoms with Gasteiger partial charge in [0.15, 0.2) is 0 Å². The zero-order valence-corrected chi connectivity index (χ0v) is 14.6. The molecule has 1 amide bonds. The summed E-state index contributed by atoms with van der Waals surface area (Å²) in [5.41, 5.74) is 7.16. The average molecular weight is 369 g/mol. The van der Waals surface area contributed by atoms with Crippen LogP contribution in [0.15, 0.2) is 22.7 Å². The maximum atomic E-state index is 12.8. The molecule has 0 heterocycles. The molecule has 1 fully saturated rings. The van der Waals surface area contributed by atoms with Crippen molar-refractivity contribution in [2.24, 2.45) is 11.1 Å². The number of hydrogen-bond donors (Lipinski definition) is 2. The van der Waals surface area contributed by atoms with E-state index in [0.717, 1.165) is 54.2 Å². The van der Waals surface area contributed by atoms with Crippen molar-refractivity contribution in [1.29, 1.82) is 0 Å². The summed E-state index contributed by atoms with van der Waals surface area (Å²) in [5, 5.41) is 2.99. The average Bonchev–Trinajstić information content (AvgIpc) is 2.69. The van der Waals surface area contributed by atoms with Gasteiger partial charge in [-0.05, 0) is 37.5 Å². The molecular formula is C16H21BrN2OS. The van der Waals surface area contributed by atoms with E-state index < -0.39 is 5.41 Å². The fraction of sp³-hybridized carbons (Fsp3) is 0.500. The smallest absolute Gasteiger partial charge is 0.237 e. The third-order valence-corrected chi connectivity index (χ3v) is 5.54. The first kappa shape index (κ1) is 16.4. The van der Waals surface area contributed by atoms with Gasteiger partial charge in [-0.25, -0.2) is 0 Å². The number of nitrogens with two attached hydrogens (primary N) is 1. The Morgan fingerprint density at radius 2 is 1.90 bits per heavy atom. The van der Waals surface area contributed by atoms with Gasteiger partial charge in [-0.2, -0.15) is 0 Å². The number of thiocarbonyl (C=S) groups is 1. The van der Waals surface area contributed by atoms with Crippen molar-refractivity contribution >= 4 is 44.7 Å². The Kier molecular flexibility index (Phi) is 5.38. The van der Waals surface area contributed by atoms with Crippen molar-refractivity contribution in [3.05, 3.63) is 28.2 Å². The number of benzene rings is 1. The predicted octanol–water partition coefficient (Wildman–Crippen LogP) is 4.32. The van der Waals surface area contributed by atoms with E-state index in [1.54, 1.807) is 0 Å². The standard InChI is InChI=1S/C16H21BrN2OS/c1-11-6-7-12(10-13(11)17)19-15(20)16(14(18)21)8-4-2-3-5-9-16/h6-7,10H,2-5,8-9H2,1H3,(H2,18,21)(H,19,20). The number of aryl methyl sites for hydroxylation is 1. The number of halogens is 1. The predicted molar refractivity (Wildman–Crippen MR) is 94.4 cm³/mol. The van der Waals surface area contributed by atoms with Gasteiger partial charge in [-0.3, -0.25) is 4.79 Å². The van der Waals surface area contributed by atoms with Crippen LogP contribution in [0.4, 0.5) is 5.69 Å². The summed E-state index contributed by atoms with van der Waals surface area (Å²) in [6.45, 7) is 2.01. The SMILES string of the molecule is Cc1ccc(NC(=O)C2(C(N)=S)CCCCCC2)cc1Br. The van der Waals surface area contributed by atoms with Crippen LogP contribution in [0.2, 0.25) is 0 Å². The number of rotatable bonds is 3. The summed E-state index contributed by atoms with van der Waals surface area (Å²) < 4.78 is 0.977. The van der Waals surface area contributed by atoms with Gasteiger partial charge in [0.2, 0.25) is 5.91 Å². The van der Waals surface area contributed by atoms with E-state index in [-0.39, 0.29) is 5.91 Å². The summed E-state index contributed by atoms with van der Waals surface area (Å²) in [5.74, 6) is -0.0624. The lowest BCUT2D eigenvalue weighted by Crippen LogP contribution is -2.45. The molecule has 2 rings (SSSR count). The van der Waals surface area contributed by atoms with Crippen LogP contribution in [0.25, 0.3) is 0 Å². The highest BCUT2D eigenvalue weighted by Crippen LogP contribution is 2.37. The van der Waals surface area contributed by atoms with Crippen LogP contribution < -0.4 is 11.1 Å². The molecule has 5 heteroatoms. The van der Waals surface area contributed by atoms with E-state index in [4.69, 9.17) is 18.0 Å². The molecule has 1 aromatic carbocycles. The normalized spacial score (nSPS) is 17.8. The quantitative estimate of drug-likeness (QED) is 0.616. The first-order valence-corrected chi connectivity index (χ1v) is 8.53. The number of anilines is 1. The molecule has 0 unspecified atom stereocenters. The largest absolute Gasteiger partial charge is 0.392 e. The molecule has 0 radical (unpaired) electrons. The van der Waals surface area contributed by atoms with Crippen LogP contribution in [-0.2, 0) is 4.79 Å². The van der Waals surface area contributed by atoms with E-state index in [2.05, 4.69) is 21.2 Å². The second kappa shape index (κ2) is 6.88. The highest BCUT2D eigenvalue weighted by molar-refractivity contribution is 9.10. The van der Waals surface area contributed by atoms with Gasteiger partial charge in [0.25, 0.3) is 0 Å². The topological polar surface area (TPSA) is 55.1 Å². The van der Waals surface area contributed by atoms with Gasteiger partial charge >= 0.3 is 0 Å². The molecule has 0 spiro atoms. The number of hydrogen-bond acceptors (Lipinski definition) is 2. The van der Waals surface area contributed by atoms with Crippen molar-refractivity contribution < 1.29 is 4.79 Å². The van der Waals surface area contributed by atoms with Crippen molar-refractivity contribution in [3.63, 3.8) is 0 Å². The minimum Gasteiger partial charge on any atom is -0.392 e. The Morgan fingerprint density at radius 1 is 1.29 bits per heavy atom. The van der Waals surface area contributed by atoms with Crippen LogP contribution in [-0.4, -0.2) is 10.9 Å². The Hall–Kier alpha value is -0.940. The summed E-state index contributed by atoms with van der Waals surface area (Å²) in [6, 6.07) is 5.79. The Bertz CT molecular complexity index is 551. The monoisotopic (exact) mass is 368 g/mol. The first-order chi connectivity index (χ1) is 9.95. The summed E-state index contributed by atoms with van der Waals surface area (Å²) in [7, 11) is 0. The highest BCUT2D eigenvalue weighted by Gasteiger charge is 2.41. The van der Waals surface area contributed by atoms with E-state index in [9.17, 15) is 4.79 Å². The maximum Gasteiger partial charge on any atom is 0.237 e. The molecule has 1 aromatic rings. The summed E-state index contributed by atoms with van der Waals surface area (Å²) in [4.78, 5) is 13.1. The van der Waals surface area contributed by atoms with Crippen LogP contribution in [0, 0.1) is 12.3 Å². The number of nitrogens with one attached hydrogen (secondary N) is 1. The minimum absolute atomic E-state index is 0.0624. The zero-order valence-electron chi connectivity index (χ0n) is 12.2. The van der Waals surface area contributed by atoms with E-state index in [0.29, 0.717) is 4.99 Å². The van der Waals surface area contributed by atoms with E-state index >= 15 is 0 Å². The second-order valence-electron chi connectivity index (χ2n) is 5.78. The molecule has 0 saturated heterocycles. The van der Waals surface area contributed by atoms with Crippen molar-refractivity contribution in [1.82, 2.24) is 0 Å². The van der Waals surface area contributed by atoms with Crippen molar-refractivity contribution in [3.8, 4) is 0 Å². The molecule has 1 aliphatic rings. The van der Waals surface area contributed by atoms with Crippen LogP contribution >= 0.6 is 28.1 Å². The molecule has 3 N–H and O–H groups in total. The highest BCUT2D eigenvalue weighted by atomic mass is 79.9. The molecule has 1 aliphatic carbocycles. The van der Waals surface area contributed by atoms with Gasteiger partial charge in [0, 0.05) is 10.2 Å². The molecule has 0 bridgehead atoms. The first-order valence-electron chi connectivity index (χ1n) is 7.33. The molecule has 114 valence electrons. The molecule has 1 saturated carbocycles. The fourth-order valence-corrected chi connectivity index (χ4v) is 3.51. The van der Waals surface area contributed by atoms with Crippen LogP contribution in [0.3, 0.4) is 0 Å². The molecule has 0 atom stereocenters. The number of carbonyl (C=O) groups is 1. The lowest BCUT2D eigenvalue weighted by Gasteiger charge is -2.30. The second-order valence-corrected chi connectivity index (χ2v) is 7.07. The third-order valence-electron chi connectivity index (χ3n) is 4.29. The van der Waals surface area contributed by atoms with Crippen molar-refractivity contribution in [2.45, 2.75) is 45.4 Å². The maximum absolute atomic E-state index is 12.8. The van der Waals surface area contributed by atoms with Gasteiger partial charge in [-0.1, -0.05) is 59.9 Å². The molecule has 21 heavy (non-hydrogen) atoms. The Morgan fingerprint density at radius 3 is 2.43 bits per heavy atom. The number of amides is 1. The van der Waals surface area contributed by atoms with Gasteiger partial charge in [0.05, 0.1) is 10.4 Å². The van der Waals surface area contributed by atoms with Gasteiger partial charge in [0.1, 0.15) is 0 Å². The summed E-state index contributed by atoms with van der Waals surface area (Å²) >= 11 is 8.72. The molecular weight excluding hydrogens is 348 g/mol. The molecule has 0 aliphatic heterocycles.